The van der Waals surface area contributed by atoms with Crippen molar-refractivity contribution in [3.63, 3.8) is 0 Å². The minimum atomic E-state index is -0.372. The Balaban J connectivity index is 2.07. The molecule has 0 bridgehead atoms. The molecule has 0 aliphatic heterocycles. The number of hydrogen-bond donors (Lipinski definition) is 2. The molecule has 0 atom stereocenters. The number of ether oxygens (including phenoxy) is 1. The summed E-state index contributed by atoms with van der Waals surface area (Å²) in [6.45, 7) is 1.93. The Morgan fingerprint density at radius 2 is 1.86 bits per heavy atom. The van der Waals surface area contributed by atoms with E-state index in [9.17, 15) is 4.79 Å². The maximum Gasteiger partial charge on any atom is 0.323 e. The number of nitrogens with one attached hydrogen (secondary N) is 2. The molecule has 0 saturated heterocycles. The standard InChI is InChI=1S/C16H15N3O2/c1-11-3-8-15(21-2)14(9-11)19-16(20)18-13-6-4-12(10-17)5-7-13/h3-9H,1-2H3,(H2,18,19,20). The van der Waals surface area contributed by atoms with E-state index >= 15 is 0 Å². The first-order valence-corrected chi connectivity index (χ1v) is 6.35. The topological polar surface area (TPSA) is 74.2 Å². The first-order chi connectivity index (χ1) is 10.1. The van der Waals surface area contributed by atoms with Crippen molar-refractivity contribution in [3.8, 4) is 11.8 Å². The maximum atomic E-state index is 12.0. The number of hydrogen-bond acceptors (Lipinski definition) is 3. The summed E-state index contributed by atoms with van der Waals surface area (Å²) in [5, 5.41) is 14.2. The largest absolute Gasteiger partial charge is 0.495 e. The van der Waals surface area contributed by atoms with E-state index in [-0.39, 0.29) is 6.03 Å². The molecule has 0 aliphatic rings. The van der Waals surface area contributed by atoms with E-state index in [2.05, 4.69) is 10.6 Å². The van der Waals surface area contributed by atoms with Gasteiger partial charge in [0.2, 0.25) is 0 Å². The number of urea groups is 1. The van der Waals surface area contributed by atoms with E-state index in [0.717, 1.165) is 5.56 Å². The van der Waals surface area contributed by atoms with Crippen LogP contribution in [0.1, 0.15) is 11.1 Å². The summed E-state index contributed by atoms with van der Waals surface area (Å²) in [5.74, 6) is 0.593. The molecular weight excluding hydrogens is 266 g/mol. The number of nitrogens with zero attached hydrogens (tertiary/aromatic N) is 1. The van der Waals surface area contributed by atoms with Crippen LogP contribution in [0.25, 0.3) is 0 Å². The van der Waals surface area contributed by atoms with Gasteiger partial charge < -0.3 is 15.4 Å². The van der Waals surface area contributed by atoms with Gasteiger partial charge in [0.15, 0.2) is 0 Å². The first-order valence-electron chi connectivity index (χ1n) is 6.35. The van der Waals surface area contributed by atoms with Crippen molar-refractivity contribution in [2.45, 2.75) is 6.92 Å². The van der Waals surface area contributed by atoms with E-state index in [1.54, 1.807) is 37.4 Å². The number of amides is 2. The molecule has 0 radical (unpaired) electrons. The van der Waals surface area contributed by atoms with Crippen LogP contribution in [0, 0.1) is 18.3 Å². The van der Waals surface area contributed by atoms with E-state index in [4.69, 9.17) is 10.00 Å². The lowest BCUT2D eigenvalue weighted by Gasteiger charge is -2.12. The number of anilines is 2. The van der Waals surface area contributed by atoms with Gasteiger partial charge in [0.05, 0.1) is 24.4 Å². The zero-order valence-electron chi connectivity index (χ0n) is 11.8. The molecule has 5 heteroatoms. The van der Waals surface area contributed by atoms with Crippen LogP contribution in [0.15, 0.2) is 42.5 Å². The average Bonchev–Trinajstić information content (AvgIpc) is 2.48. The monoisotopic (exact) mass is 281 g/mol. The fourth-order valence-electron chi connectivity index (χ4n) is 1.83. The summed E-state index contributed by atoms with van der Waals surface area (Å²) >= 11 is 0. The fourth-order valence-corrected chi connectivity index (χ4v) is 1.83. The van der Waals surface area contributed by atoms with Gasteiger partial charge in [-0.3, -0.25) is 0 Å². The van der Waals surface area contributed by atoms with Crippen molar-refractivity contribution in [1.29, 1.82) is 5.26 Å². The second-order valence-electron chi connectivity index (χ2n) is 4.47. The predicted molar refractivity (Wildman–Crippen MR) is 81.5 cm³/mol. The van der Waals surface area contributed by atoms with Gasteiger partial charge in [-0.1, -0.05) is 6.07 Å². The number of nitriles is 1. The molecule has 106 valence electrons. The Hall–Kier alpha value is -3.00. The molecule has 2 rings (SSSR count). The molecule has 0 spiro atoms. The minimum Gasteiger partial charge on any atom is -0.495 e. The van der Waals surface area contributed by atoms with Crippen LogP contribution < -0.4 is 15.4 Å². The second kappa shape index (κ2) is 6.44. The summed E-state index contributed by atoms with van der Waals surface area (Å²) in [6.07, 6.45) is 0. The van der Waals surface area contributed by atoms with Gasteiger partial charge in [-0.2, -0.15) is 5.26 Å². The van der Waals surface area contributed by atoms with Gasteiger partial charge in [-0.25, -0.2) is 4.79 Å². The van der Waals surface area contributed by atoms with E-state index < -0.39 is 0 Å². The normalized spacial score (nSPS) is 9.57. The Labute approximate surface area is 123 Å². The Kier molecular flexibility index (Phi) is 4.42. The zero-order valence-corrected chi connectivity index (χ0v) is 11.8. The molecule has 2 amide bonds. The lowest BCUT2D eigenvalue weighted by Crippen LogP contribution is -2.19. The minimum absolute atomic E-state index is 0.372. The number of carbonyl (C=O) groups excluding carboxylic acids is 1. The van der Waals surface area contributed by atoms with Crippen LogP contribution in [0.3, 0.4) is 0 Å². The van der Waals surface area contributed by atoms with Crippen molar-refractivity contribution in [3.05, 3.63) is 53.6 Å². The van der Waals surface area contributed by atoms with Crippen LogP contribution >= 0.6 is 0 Å². The summed E-state index contributed by atoms with van der Waals surface area (Å²) in [7, 11) is 1.55. The molecule has 2 N–H and O–H groups in total. The van der Waals surface area contributed by atoms with Crippen molar-refractivity contribution in [1.82, 2.24) is 0 Å². The number of methoxy groups -OCH3 is 1. The van der Waals surface area contributed by atoms with Gasteiger partial charge in [0.1, 0.15) is 5.75 Å². The molecule has 0 saturated carbocycles. The molecule has 0 heterocycles. The smallest absolute Gasteiger partial charge is 0.323 e. The highest BCUT2D eigenvalue weighted by Gasteiger charge is 2.08. The summed E-state index contributed by atoms with van der Waals surface area (Å²) in [6, 6.07) is 13.8. The van der Waals surface area contributed by atoms with Crippen molar-refractivity contribution in [2.24, 2.45) is 0 Å². The molecule has 2 aromatic carbocycles. The summed E-state index contributed by atoms with van der Waals surface area (Å²) in [4.78, 5) is 12.0. The predicted octanol–water partition coefficient (Wildman–Crippen LogP) is 3.52. The Morgan fingerprint density at radius 3 is 2.48 bits per heavy atom. The number of benzene rings is 2. The lowest BCUT2D eigenvalue weighted by atomic mass is 10.2. The number of rotatable bonds is 3. The molecule has 2 aromatic rings. The SMILES string of the molecule is COc1ccc(C)cc1NC(=O)Nc1ccc(C#N)cc1. The highest BCUT2D eigenvalue weighted by Crippen LogP contribution is 2.25. The molecular formula is C16H15N3O2. The van der Waals surface area contributed by atoms with Crippen LogP contribution in [-0.4, -0.2) is 13.1 Å². The molecule has 5 nitrogen and oxygen atoms in total. The van der Waals surface area contributed by atoms with E-state index in [0.29, 0.717) is 22.7 Å². The van der Waals surface area contributed by atoms with E-state index in [1.807, 2.05) is 25.1 Å². The molecule has 0 unspecified atom stereocenters. The quantitative estimate of drug-likeness (QED) is 0.904. The average molecular weight is 281 g/mol. The third-order valence-electron chi connectivity index (χ3n) is 2.88. The van der Waals surface area contributed by atoms with Crippen LogP contribution in [0.4, 0.5) is 16.2 Å². The third kappa shape index (κ3) is 3.74. The van der Waals surface area contributed by atoms with Crippen molar-refractivity contribution in [2.75, 3.05) is 17.7 Å². The summed E-state index contributed by atoms with van der Waals surface area (Å²) in [5.41, 5.74) is 2.77. The molecule has 0 fully saturated rings. The zero-order chi connectivity index (χ0) is 15.2. The van der Waals surface area contributed by atoms with Crippen molar-refractivity contribution >= 4 is 17.4 Å². The first kappa shape index (κ1) is 14.4. The molecule has 21 heavy (non-hydrogen) atoms. The Morgan fingerprint density at radius 1 is 1.14 bits per heavy atom. The van der Waals surface area contributed by atoms with Gasteiger partial charge in [0, 0.05) is 5.69 Å². The second-order valence-corrected chi connectivity index (χ2v) is 4.47. The van der Waals surface area contributed by atoms with Gasteiger partial charge in [-0.15, -0.1) is 0 Å². The lowest BCUT2D eigenvalue weighted by molar-refractivity contribution is 0.262. The highest BCUT2D eigenvalue weighted by atomic mass is 16.5. The Bertz CT molecular complexity index is 688. The third-order valence-corrected chi connectivity index (χ3v) is 2.88. The number of carbonyl (C=O) groups is 1. The maximum absolute atomic E-state index is 12.0. The fraction of sp³-hybridized carbons (Fsp3) is 0.125. The summed E-state index contributed by atoms with van der Waals surface area (Å²) < 4.78 is 5.20. The molecule has 0 aromatic heterocycles. The van der Waals surface area contributed by atoms with Crippen LogP contribution in [-0.2, 0) is 0 Å². The van der Waals surface area contributed by atoms with Crippen molar-refractivity contribution < 1.29 is 9.53 Å². The molecule has 0 aliphatic carbocycles. The number of aryl methyl sites for hydroxylation is 1. The van der Waals surface area contributed by atoms with Gasteiger partial charge in [0.25, 0.3) is 0 Å². The van der Waals surface area contributed by atoms with Crippen LogP contribution in [0.2, 0.25) is 0 Å². The van der Waals surface area contributed by atoms with E-state index in [1.165, 1.54) is 0 Å². The van der Waals surface area contributed by atoms with Crippen LogP contribution in [0.5, 0.6) is 5.75 Å². The van der Waals surface area contributed by atoms with Gasteiger partial charge in [-0.05, 0) is 48.9 Å². The highest BCUT2D eigenvalue weighted by molar-refractivity contribution is 6.00. The van der Waals surface area contributed by atoms with Gasteiger partial charge >= 0.3 is 6.03 Å².